The Morgan fingerprint density at radius 3 is 2.06 bits per heavy atom. The molecule has 0 spiro atoms. The summed E-state index contributed by atoms with van der Waals surface area (Å²) in [6.45, 7) is 7.62. The number of benzene rings is 1. The maximum atomic E-state index is 11.7. The van der Waals surface area contributed by atoms with Crippen molar-refractivity contribution in [3.05, 3.63) is 35.4 Å². The number of carboxylic acids is 1. The van der Waals surface area contributed by atoms with E-state index >= 15 is 0 Å². The average molecular weight is 248 g/mol. The van der Waals surface area contributed by atoms with Crippen molar-refractivity contribution in [3.63, 3.8) is 0 Å². The highest BCUT2D eigenvalue weighted by Crippen LogP contribution is 2.22. The smallest absolute Gasteiger partial charge is 0.251 e. The summed E-state index contributed by atoms with van der Waals surface area (Å²) < 4.78 is 0. The lowest BCUT2D eigenvalue weighted by Crippen LogP contribution is -2.45. The molecule has 0 saturated carbocycles. The molecule has 1 aromatic carbocycles. The predicted molar refractivity (Wildman–Crippen MR) is 67.1 cm³/mol. The third-order valence-corrected chi connectivity index (χ3v) is 2.71. The molecule has 1 N–H and O–H groups in total. The molecule has 18 heavy (non-hydrogen) atoms. The standard InChI is InChI=1S/C14H19NO3/c1-9(13(17)18)15-12(16)10-5-7-11(8-6-10)14(2,3)4/h5-9H,1-4H3,(H,15,16)(H,17,18)/p-1. The number of hydrogen-bond acceptors (Lipinski definition) is 3. The van der Waals surface area contributed by atoms with E-state index in [1.165, 1.54) is 6.92 Å². The van der Waals surface area contributed by atoms with Crippen LogP contribution in [-0.2, 0) is 10.2 Å². The lowest BCUT2D eigenvalue weighted by Gasteiger charge is -2.19. The van der Waals surface area contributed by atoms with Crippen LogP contribution in [0.4, 0.5) is 0 Å². The van der Waals surface area contributed by atoms with Gasteiger partial charge in [0.2, 0.25) is 0 Å². The Morgan fingerprint density at radius 2 is 1.67 bits per heavy atom. The number of nitrogens with one attached hydrogen (secondary N) is 1. The van der Waals surface area contributed by atoms with Crippen molar-refractivity contribution in [2.45, 2.75) is 39.2 Å². The van der Waals surface area contributed by atoms with Crippen LogP contribution >= 0.6 is 0 Å². The van der Waals surface area contributed by atoms with Gasteiger partial charge in [0.1, 0.15) is 0 Å². The minimum absolute atomic E-state index is 0.0211. The molecular formula is C14H18NO3-. The summed E-state index contributed by atoms with van der Waals surface area (Å²) in [6.07, 6.45) is 0. The second-order valence-corrected chi connectivity index (χ2v) is 5.34. The molecule has 4 nitrogen and oxygen atoms in total. The minimum atomic E-state index is -1.30. The number of amides is 1. The maximum absolute atomic E-state index is 11.7. The van der Waals surface area contributed by atoms with Crippen LogP contribution < -0.4 is 10.4 Å². The van der Waals surface area contributed by atoms with Crippen molar-refractivity contribution < 1.29 is 14.7 Å². The van der Waals surface area contributed by atoms with Crippen molar-refractivity contribution in [1.29, 1.82) is 0 Å². The molecule has 1 rings (SSSR count). The van der Waals surface area contributed by atoms with Crippen LogP contribution in [0.5, 0.6) is 0 Å². The molecule has 1 amide bonds. The van der Waals surface area contributed by atoms with Gasteiger partial charge in [-0.1, -0.05) is 32.9 Å². The second-order valence-electron chi connectivity index (χ2n) is 5.34. The van der Waals surface area contributed by atoms with Crippen LogP contribution in [0.2, 0.25) is 0 Å². The van der Waals surface area contributed by atoms with Gasteiger partial charge in [0.25, 0.3) is 5.91 Å². The van der Waals surface area contributed by atoms with E-state index in [0.29, 0.717) is 5.56 Å². The molecule has 0 saturated heterocycles. The van der Waals surface area contributed by atoms with Crippen molar-refractivity contribution in [2.75, 3.05) is 0 Å². The van der Waals surface area contributed by atoms with Gasteiger partial charge in [-0.15, -0.1) is 0 Å². The number of carboxylic acid groups (broad SMARTS) is 1. The third-order valence-electron chi connectivity index (χ3n) is 2.71. The first-order valence-electron chi connectivity index (χ1n) is 5.84. The molecule has 0 aliphatic rings. The second kappa shape index (κ2) is 5.21. The Morgan fingerprint density at radius 1 is 1.17 bits per heavy atom. The van der Waals surface area contributed by atoms with Crippen LogP contribution in [0.25, 0.3) is 0 Å². The summed E-state index contributed by atoms with van der Waals surface area (Å²) in [6, 6.07) is 6.13. The van der Waals surface area contributed by atoms with E-state index in [2.05, 4.69) is 26.1 Å². The van der Waals surface area contributed by atoms with Gasteiger partial charge in [-0.3, -0.25) is 4.79 Å². The summed E-state index contributed by atoms with van der Waals surface area (Å²) in [7, 11) is 0. The van der Waals surface area contributed by atoms with Crippen LogP contribution in [0, 0.1) is 0 Å². The van der Waals surface area contributed by atoms with E-state index in [0.717, 1.165) is 5.56 Å². The van der Waals surface area contributed by atoms with E-state index in [1.54, 1.807) is 12.1 Å². The quantitative estimate of drug-likeness (QED) is 0.862. The first-order chi connectivity index (χ1) is 8.21. The van der Waals surface area contributed by atoms with Gasteiger partial charge < -0.3 is 15.2 Å². The fraction of sp³-hybridized carbons (Fsp3) is 0.429. The van der Waals surface area contributed by atoms with Crippen LogP contribution in [0.1, 0.15) is 43.6 Å². The first-order valence-corrected chi connectivity index (χ1v) is 5.84. The summed E-state index contributed by atoms with van der Waals surface area (Å²) in [5.74, 6) is -1.71. The normalized spacial score (nSPS) is 12.9. The predicted octanol–water partition coefficient (Wildman–Crippen LogP) is 0.852. The summed E-state index contributed by atoms with van der Waals surface area (Å²) >= 11 is 0. The number of carbonyl (C=O) groups excluding carboxylic acids is 2. The zero-order valence-electron chi connectivity index (χ0n) is 11.1. The van der Waals surface area contributed by atoms with E-state index in [1.807, 2.05) is 12.1 Å². The fourth-order valence-electron chi connectivity index (χ4n) is 1.46. The van der Waals surface area contributed by atoms with Crippen LogP contribution in [0.15, 0.2) is 24.3 Å². The average Bonchev–Trinajstić information content (AvgIpc) is 2.27. The molecule has 1 atom stereocenters. The molecule has 0 aliphatic heterocycles. The topological polar surface area (TPSA) is 69.2 Å². The van der Waals surface area contributed by atoms with E-state index in [4.69, 9.17) is 0 Å². The van der Waals surface area contributed by atoms with Crippen molar-refractivity contribution >= 4 is 11.9 Å². The lowest BCUT2D eigenvalue weighted by molar-refractivity contribution is -0.307. The highest BCUT2D eigenvalue weighted by atomic mass is 16.4. The van der Waals surface area contributed by atoms with Gasteiger partial charge in [0, 0.05) is 5.56 Å². The highest BCUT2D eigenvalue weighted by Gasteiger charge is 2.15. The Bertz CT molecular complexity index is 443. The molecule has 1 unspecified atom stereocenters. The minimum Gasteiger partial charge on any atom is -0.548 e. The van der Waals surface area contributed by atoms with Crippen LogP contribution in [-0.4, -0.2) is 17.9 Å². The molecule has 0 aliphatic carbocycles. The van der Waals surface area contributed by atoms with E-state index in [-0.39, 0.29) is 5.41 Å². The number of carbonyl (C=O) groups is 2. The molecule has 0 radical (unpaired) electrons. The third kappa shape index (κ3) is 3.58. The monoisotopic (exact) mass is 248 g/mol. The molecule has 1 aromatic rings. The first kappa shape index (κ1) is 14.2. The SMILES string of the molecule is CC(NC(=O)c1ccc(C(C)(C)C)cc1)C(=O)[O-]. The van der Waals surface area contributed by atoms with Crippen molar-refractivity contribution in [2.24, 2.45) is 0 Å². The maximum Gasteiger partial charge on any atom is 0.251 e. The van der Waals surface area contributed by atoms with E-state index in [9.17, 15) is 14.7 Å². The zero-order chi connectivity index (χ0) is 13.9. The summed E-state index contributed by atoms with van der Waals surface area (Å²) in [4.78, 5) is 22.2. The van der Waals surface area contributed by atoms with Gasteiger partial charge in [0.05, 0.1) is 12.0 Å². The van der Waals surface area contributed by atoms with E-state index < -0.39 is 17.9 Å². The highest BCUT2D eigenvalue weighted by molar-refractivity contribution is 5.96. The van der Waals surface area contributed by atoms with Gasteiger partial charge in [-0.25, -0.2) is 0 Å². The molecular weight excluding hydrogens is 230 g/mol. The number of aliphatic carboxylic acids is 1. The largest absolute Gasteiger partial charge is 0.548 e. The van der Waals surface area contributed by atoms with Gasteiger partial charge in [-0.05, 0) is 30.0 Å². The Hall–Kier alpha value is -1.84. The molecule has 0 fully saturated rings. The molecule has 0 aromatic heterocycles. The van der Waals surface area contributed by atoms with Crippen LogP contribution in [0.3, 0.4) is 0 Å². The zero-order valence-corrected chi connectivity index (χ0v) is 11.1. The van der Waals surface area contributed by atoms with Crippen molar-refractivity contribution in [1.82, 2.24) is 5.32 Å². The fourth-order valence-corrected chi connectivity index (χ4v) is 1.46. The Kier molecular flexibility index (Phi) is 4.11. The Balaban J connectivity index is 2.80. The summed E-state index contributed by atoms with van der Waals surface area (Å²) in [5, 5.41) is 12.9. The molecule has 4 heteroatoms. The molecule has 0 bridgehead atoms. The summed E-state index contributed by atoms with van der Waals surface area (Å²) in [5.41, 5.74) is 1.58. The van der Waals surface area contributed by atoms with Gasteiger partial charge in [-0.2, -0.15) is 0 Å². The molecule has 98 valence electrons. The Labute approximate surface area is 107 Å². The van der Waals surface area contributed by atoms with Gasteiger partial charge >= 0.3 is 0 Å². The number of hydrogen-bond donors (Lipinski definition) is 1. The van der Waals surface area contributed by atoms with Gasteiger partial charge in [0.15, 0.2) is 0 Å². The van der Waals surface area contributed by atoms with Crippen molar-refractivity contribution in [3.8, 4) is 0 Å². The molecule has 0 heterocycles. The lowest BCUT2D eigenvalue weighted by atomic mass is 9.86. The number of rotatable bonds is 3.